The monoisotopic (exact) mass is 429 g/mol. The van der Waals surface area contributed by atoms with Gasteiger partial charge < -0.3 is 18.6 Å². The minimum atomic E-state index is -0.666. The molecule has 0 amide bonds. The maximum atomic E-state index is 15.1. The van der Waals surface area contributed by atoms with Crippen molar-refractivity contribution in [1.29, 1.82) is 0 Å². The highest BCUT2D eigenvalue weighted by Crippen LogP contribution is 2.54. The average Bonchev–Trinajstić information content (AvgIpc) is 3.02. The van der Waals surface area contributed by atoms with Gasteiger partial charge in [0, 0.05) is 31.7 Å². The molecule has 0 N–H and O–H groups in total. The van der Waals surface area contributed by atoms with Gasteiger partial charge in [0.05, 0.1) is 28.3 Å². The summed E-state index contributed by atoms with van der Waals surface area (Å²) in [6, 6.07) is 3.62. The molecule has 1 unspecified atom stereocenters. The summed E-state index contributed by atoms with van der Waals surface area (Å²) in [5.74, 6) is 0.202. The number of benzene rings is 1. The highest BCUT2D eigenvalue weighted by atomic mass is 32.2. The topological polar surface area (TPSA) is 53.1 Å². The second-order valence-electron chi connectivity index (χ2n) is 8.01. The van der Waals surface area contributed by atoms with E-state index in [0.717, 1.165) is 35.5 Å². The highest BCUT2D eigenvalue weighted by molar-refractivity contribution is 8.05. The molecule has 2 fully saturated rings. The van der Waals surface area contributed by atoms with Crippen molar-refractivity contribution in [3.05, 3.63) is 62.8 Å². The smallest absolute Gasteiger partial charge is 0.396 e. The van der Waals surface area contributed by atoms with Crippen molar-refractivity contribution < 1.29 is 13.2 Å². The van der Waals surface area contributed by atoms with Gasteiger partial charge in [-0.2, -0.15) is 0 Å². The van der Waals surface area contributed by atoms with Crippen molar-refractivity contribution in [1.82, 2.24) is 4.90 Å². The average molecular weight is 430 g/mol. The Morgan fingerprint density at radius 1 is 1.17 bits per heavy atom. The fourth-order valence-corrected chi connectivity index (χ4v) is 5.55. The van der Waals surface area contributed by atoms with E-state index in [0.29, 0.717) is 42.2 Å². The molecule has 0 bridgehead atoms. The minimum absolute atomic E-state index is 0.211. The van der Waals surface area contributed by atoms with Crippen LogP contribution in [0.25, 0.3) is 5.57 Å². The largest absolute Gasteiger partial charge is 0.519 e. The second kappa shape index (κ2) is 7.06. The van der Waals surface area contributed by atoms with Gasteiger partial charge in [0.25, 0.3) is 0 Å². The lowest BCUT2D eigenvalue weighted by Crippen LogP contribution is -2.46. The normalized spacial score (nSPS) is 21.6. The number of hydrogen-bond donors (Lipinski definition) is 0. The number of anilines is 2. The SMILES string of the molecule is C=C1C(C)=C2SC(C)N2c2cc(N3CCN(Cc4oc(=O)oc4C)CC3)c(F)cc21. The Bertz CT molecular complexity index is 1130. The molecule has 30 heavy (non-hydrogen) atoms. The van der Waals surface area contributed by atoms with E-state index in [9.17, 15) is 4.79 Å². The first-order valence-electron chi connectivity index (χ1n) is 10.1. The number of hydrogen-bond acceptors (Lipinski definition) is 7. The first-order valence-corrected chi connectivity index (χ1v) is 11.0. The van der Waals surface area contributed by atoms with E-state index in [2.05, 4.69) is 35.1 Å². The van der Waals surface area contributed by atoms with E-state index in [1.165, 1.54) is 5.03 Å². The molecule has 0 radical (unpaired) electrons. The van der Waals surface area contributed by atoms with Crippen molar-refractivity contribution in [2.45, 2.75) is 32.7 Å². The lowest BCUT2D eigenvalue weighted by Gasteiger charge is -2.48. The van der Waals surface area contributed by atoms with Crippen LogP contribution in [0, 0.1) is 12.7 Å². The number of nitrogens with zero attached hydrogens (tertiary/aromatic N) is 3. The molecule has 2 aromatic rings. The molecule has 6 nitrogen and oxygen atoms in total. The number of halogens is 1. The van der Waals surface area contributed by atoms with Crippen LogP contribution in [0.5, 0.6) is 0 Å². The van der Waals surface area contributed by atoms with Crippen molar-refractivity contribution >= 4 is 28.7 Å². The molecule has 1 aromatic carbocycles. The Kier molecular flexibility index (Phi) is 4.59. The van der Waals surface area contributed by atoms with Gasteiger partial charge in [0.2, 0.25) is 0 Å². The van der Waals surface area contributed by atoms with Gasteiger partial charge >= 0.3 is 5.82 Å². The molecule has 2 saturated heterocycles. The van der Waals surface area contributed by atoms with E-state index in [4.69, 9.17) is 8.83 Å². The van der Waals surface area contributed by atoms with Crippen LogP contribution in [0.3, 0.4) is 0 Å². The summed E-state index contributed by atoms with van der Waals surface area (Å²) in [7, 11) is 0. The number of fused-ring (bicyclic) bond motifs is 3. The standard InChI is InChI=1S/C22H24FN3O3S/c1-12-13(2)21-26(15(4)30-21)18-10-19(17(23)9-16(12)18)25-7-5-24(6-8-25)11-20-14(3)28-22(27)29-20/h9-10,15H,1,5-8,11H2,2-4H3. The van der Waals surface area contributed by atoms with Crippen LogP contribution >= 0.6 is 11.8 Å². The lowest BCUT2D eigenvalue weighted by atomic mass is 9.94. The Balaban J connectivity index is 1.36. The zero-order chi connectivity index (χ0) is 21.2. The Morgan fingerprint density at radius 2 is 1.90 bits per heavy atom. The summed E-state index contributed by atoms with van der Waals surface area (Å²) in [4.78, 5) is 17.8. The van der Waals surface area contributed by atoms with E-state index in [1.54, 1.807) is 13.0 Å². The van der Waals surface area contributed by atoms with Crippen LogP contribution in [-0.2, 0) is 6.54 Å². The van der Waals surface area contributed by atoms with Crippen LogP contribution in [0.1, 0.15) is 30.9 Å². The summed E-state index contributed by atoms with van der Waals surface area (Å²) in [5.41, 5.74) is 4.60. The molecule has 5 rings (SSSR count). The maximum Gasteiger partial charge on any atom is 0.519 e. The molecule has 0 aliphatic carbocycles. The van der Waals surface area contributed by atoms with Crippen LogP contribution < -0.4 is 15.6 Å². The predicted octanol–water partition coefficient (Wildman–Crippen LogP) is 4.16. The summed E-state index contributed by atoms with van der Waals surface area (Å²) < 4.78 is 25.2. The van der Waals surface area contributed by atoms with Gasteiger partial charge in [-0.25, -0.2) is 9.18 Å². The molecular weight excluding hydrogens is 405 g/mol. The van der Waals surface area contributed by atoms with Crippen molar-refractivity contribution in [3.8, 4) is 0 Å². The Labute approximate surface area is 178 Å². The van der Waals surface area contributed by atoms with E-state index >= 15 is 4.39 Å². The molecule has 3 aliphatic rings. The zero-order valence-electron chi connectivity index (χ0n) is 17.3. The third-order valence-corrected chi connectivity index (χ3v) is 7.48. The molecule has 4 heterocycles. The van der Waals surface area contributed by atoms with E-state index in [-0.39, 0.29) is 5.82 Å². The fourth-order valence-electron chi connectivity index (χ4n) is 4.40. The molecule has 1 atom stereocenters. The summed E-state index contributed by atoms with van der Waals surface area (Å²) >= 11 is 1.83. The van der Waals surface area contributed by atoms with Crippen molar-refractivity contribution in [2.24, 2.45) is 0 Å². The molecule has 8 heteroatoms. The predicted molar refractivity (Wildman–Crippen MR) is 117 cm³/mol. The second-order valence-corrected chi connectivity index (χ2v) is 9.32. The third-order valence-electron chi connectivity index (χ3n) is 6.20. The van der Waals surface area contributed by atoms with Gasteiger partial charge in [-0.15, -0.1) is 0 Å². The van der Waals surface area contributed by atoms with Gasteiger partial charge in [-0.1, -0.05) is 18.3 Å². The first kappa shape index (κ1) is 19.5. The van der Waals surface area contributed by atoms with Gasteiger partial charge in [0.1, 0.15) is 11.6 Å². The summed E-state index contributed by atoms with van der Waals surface area (Å²) in [6.45, 7) is 13.6. The quantitative estimate of drug-likeness (QED) is 0.726. The zero-order valence-corrected chi connectivity index (χ0v) is 18.1. The minimum Gasteiger partial charge on any atom is -0.396 e. The van der Waals surface area contributed by atoms with Crippen LogP contribution in [0.15, 0.2) is 42.9 Å². The number of allylic oxidation sites excluding steroid dienone is 2. The maximum absolute atomic E-state index is 15.1. The van der Waals surface area contributed by atoms with E-state index < -0.39 is 5.82 Å². The molecular formula is C22H24FN3O3S. The third kappa shape index (κ3) is 3.01. The number of rotatable bonds is 3. The molecule has 1 aromatic heterocycles. The van der Waals surface area contributed by atoms with E-state index in [1.807, 2.05) is 17.8 Å². The highest BCUT2D eigenvalue weighted by Gasteiger charge is 2.39. The Morgan fingerprint density at radius 3 is 2.53 bits per heavy atom. The van der Waals surface area contributed by atoms with Crippen LogP contribution in [0.4, 0.5) is 15.8 Å². The molecule has 0 saturated carbocycles. The Hall–Kier alpha value is -2.45. The van der Waals surface area contributed by atoms with Gasteiger partial charge in [-0.3, -0.25) is 4.90 Å². The molecule has 3 aliphatic heterocycles. The molecule has 158 valence electrons. The first-order chi connectivity index (χ1) is 14.3. The van der Waals surface area contributed by atoms with Crippen LogP contribution in [-0.4, -0.2) is 36.5 Å². The number of piperazine rings is 1. The van der Waals surface area contributed by atoms with Gasteiger partial charge in [0.15, 0.2) is 5.76 Å². The summed E-state index contributed by atoms with van der Waals surface area (Å²) in [5, 5.41) is 1.56. The molecule has 0 spiro atoms. The lowest BCUT2D eigenvalue weighted by molar-refractivity contribution is 0.226. The van der Waals surface area contributed by atoms with Crippen molar-refractivity contribution in [2.75, 3.05) is 36.0 Å². The summed E-state index contributed by atoms with van der Waals surface area (Å²) in [6.07, 6.45) is 0. The van der Waals surface area contributed by atoms with Crippen LogP contribution in [0.2, 0.25) is 0 Å². The number of aryl methyl sites for hydroxylation is 1. The number of thioether (sulfide) groups is 1. The fraction of sp³-hybridized carbons (Fsp3) is 0.409. The van der Waals surface area contributed by atoms with Gasteiger partial charge in [-0.05, 0) is 44.1 Å². The van der Waals surface area contributed by atoms with Crippen molar-refractivity contribution in [3.63, 3.8) is 0 Å².